The normalized spacial score (nSPS) is 12.4. The Labute approximate surface area is 122 Å². The summed E-state index contributed by atoms with van der Waals surface area (Å²) in [6, 6.07) is 13.0. The minimum Gasteiger partial charge on any atom is -0.330 e. The molecule has 2 aromatic heterocycles. The molecule has 2 heterocycles. The highest BCUT2D eigenvalue weighted by Gasteiger charge is 2.14. The average Bonchev–Trinajstić information content (AvgIpc) is 3.18. The second-order valence-corrected chi connectivity index (χ2v) is 5.73. The highest BCUT2D eigenvalue weighted by Crippen LogP contribution is 2.32. The number of rotatable bonds is 5. The van der Waals surface area contributed by atoms with Crippen molar-refractivity contribution in [2.75, 3.05) is 6.54 Å². The van der Waals surface area contributed by atoms with Gasteiger partial charge in [-0.15, -0.1) is 11.3 Å². The molecule has 0 saturated carbocycles. The first kappa shape index (κ1) is 13.1. The van der Waals surface area contributed by atoms with Gasteiger partial charge >= 0.3 is 0 Å². The third-order valence-corrected chi connectivity index (χ3v) is 4.47. The van der Waals surface area contributed by atoms with Crippen molar-refractivity contribution < 1.29 is 0 Å². The molecular weight excluding hydrogens is 266 g/mol. The van der Waals surface area contributed by atoms with Crippen LogP contribution < -0.4 is 5.73 Å². The first-order valence-corrected chi connectivity index (χ1v) is 7.59. The summed E-state index contributed by atoms with van der Waals surface area (Å²) in [5.41, 5.74) is 9.39. The lowest BCUT2D eigenvalue weighted by atomic mass is 9.93. The molecule has 0 aliphatic carbocycles. The van der Waals surface area contributed by atoms with Gasteiger partial charge in [0.1, 0.15) is 0 Å². The Morgan fingerprint density at radius 1 is 1.15 bits per heavy atom. The lowest BCUT2D eigenvalue weighted by molar-refractivity contribution is 0.737. The van der Waals surface area contributed by atoms with Crippen LogP contribution in [0.4, 0.5) is 0 Å². The zero-order chi connectivity index (χ0) is 13.8. The number of hydrogen-bond acceptors (Lipinski definition) is 3. The molecule has 0 radical (unpaired) electrons. The van der Waals surface area contributed by atoms with E-state index in [-0.39, 0.29) is 0 Å². The van der Waals surface area contributed by atoms with E-state index in [9.17, 15) is 0 Å². The first-order chi connectivity index (χ1) is 9.88. The molecule has 102 valence electrons. The van der Waals surface area contributed by atoms with E-state index >= 15 is 0 Å². The van der Waals surface area contributed by atoms with Crippen molar-refractivity contribution in [1.82, 2.24) is 10.2 Å². The fraction of sp³-hybridized carbons (Fsp3) is 0.188. The Bertz CT molecular complexity index is 627. The van der Waals surface area contributed by atoms with Crippen LogP contribution in [0.1, 0.15) is 22.8 Å². The molecular formula is C16H17N3S. The van der Waals surface area contributed by atoms with Crippen molar-refractivity contribution >= 4 is 11.3 Å². The zero-order valence-corrected chi connectivity index (χ0v) is 11.9. The van der Waals surface area contributed by atoms with Crippen molar-refractivity contribution in [2.45, 2.75) is 12.3 Å². The Morgan fingerprint density at radius 3 is 2.60 bits per heavy atom. The molecule has 1 atom stereocenters. The quantitative estimate of drug-likeness (QED) is 0.751. The maximum absolute atomic E-state index is 5.77. The van der Waals surface area contributed by atoms with Gasteiger partial charge in [-0.1, -0.05) is 30.3 Å². The van der Waals surface area contributed by atoms with Crippen LogP contribution in [0.25, 0.3) is 11.1 Å². The van der Waals surface area contributed by atoms with Gasteiger partial charge in [0.25, 0.3) is 0 Å². The second kappa shape index (κ2) is 6.03. The van der Waals surface area contributed by atoms with E-state index in [0.29, 0.717) is 12.5 Å². The number of H-pyrrole nitrogens is 1. The van der Waals surface area contributed by atoms with E-state index in [1.165, 1.54) is 16.0 Å². The van der Waals surface area contributed by atoms with Gasteiger partial charge in [0.05, 0.1) is 6.20 Å². The largest absolute Gasteiger partial charge is 0.330 e. The van der Waals surface area contributed by atoms with E-state index in [0.717, 1.165) is 12.0 Å². The van der Waals surface area contributed by atoms with Crippen molar-refractivity contribution in [3.63, 3.8) is 0 Å². The summed E-state index contributed by atoms with van der Waals surface area (Å²) in [5, 5.41) is 8.95. The lowest BCUT2D eigenvalue weighted by Crippen LogP contribution is -2.07. The summed E-state index contributed by atoms with van der Waals surface area (Å²) in [7, 11) is 0. The molecule has 3 aromatic rings. The van der Waals surface area contributed by atoms with Gasteiger partial charge in [0.2, 0.25) is 0 Å². The number of aromatic nitrogens is 2. The van der Waals surface area contributed by atoms with E-state index in [4.69, 9.17) is 5.73 Å². The van der Waals surface area contributed by atoms with Crippen LogP contribution in [0.15, 0.2) is 54.2 Å². The Morgan fingerprint density at radius 2 is 2.00 bits per heavy atom. The molecule has 3 nitrogen and oxygen atoms in total. The standard InChI is InChI=1S/C16H17N3S/c17-8-7-15(16-2-1-9-20-16)13-5-3-12(4-6-13)14-10-18-19-11-14/h1-6,9-11,15H,7-8,17H2,(H,18,19). The minimum absolute atomic E-state index is 0.401. The van der Waals surface area contributed by atoms with E-state index < -0.39 is 0 Å². The van der Waals surface area contributed by atoms with Gasteiger partial charge in [0, 0.05) is 22.6 Å². The summed E-state index contributed by atoms with van der Waals surface area (Å²) in [6.45, 7) is 0.700. The first-order valence-electron chi connectivity index (χ1n) is 6.71. The van der Waals surface area contributed by atoms with Crippen LogP contribution in [0.2, 0.25) is 0 Å². The monoisotopic (exact) mass is 283 g/mol. The minimum atomic E-state index is 0.401. The number of hydrogen-bond donors (Lipinski definition) is 2. The smallest absolute Gasteiger partial charge is 0.0565 e. The molecule has 1 unspecified atom stereocenters. The summed E-state index contributed by atoms with van der Waals surface area (Å²) in [6.07, 6.45) is 4.73. The Kier molecular flexibility index (Phi) is 3.95. The topological polar surface area (TPSA) is 54.7 Å². The van der Waals surface area contributed by atoms with Crippen LogP contribution in [0.3, 0.4) is 0 Å². The van der Waals surface area contributed by atoms with E-state index in [2.05, 4.69) is 52.0 Å². The maximum atomic E-state index is 5.77. The molecule has 20 heavy (non-hydrogen) atoms. The summed E-state index contributed by atoms with van der Waals surface area (Å²) >= 11 is 1.80. The summed E-state index contributed by atoms with van der Waals surface area (Å²) in [4.78, 5) is 1.38. The molecule has 3 N–H and O–H groups in total. The van der Waals surface area contributed by atoms with Gasteiger partial charge in [-0.3, -0.25) is 5.10 Å². The van der Waals surface area contributed by atoms with Crippen molar-refractivity contribution in [2.24, 2.45) is 5.73 Å². The van der Waals surface area contributed by atoms with E-state index in [1.54, 1.807) is 11.3 Å². The number of nitrogens with two attached hydrogens (primary N) is 1. The number of nitrogens with one attached hydrogen (secondary N) is 1. The van der Waals surface area contributed by atoms with Gasteiger partial charge < -0.3 is 5.73 Å². The second-order valence-electron chi connectivity index (χ2n) is 4.75. The van der Waals surface area contributed by atoms with Gasteiger partial charge in [0.15, 0.2) is 0 Å². The third-order valence-electron chi connectivity index (χ3n) is 3.49. The predicted molar refractivity (Wildman–Crippen MR) is 83.9 cm³/mol. The zero-order valence-electron chi connectivity index (χ0n) is 11.1. The molecule has 0 spiro atoms. The fourth-order valence-electron chi connectivity index (χ4n) is 2.45. The molecule has 0 bridgehead atoms. The van der Waals surface area contributed by atoms with Crippen molar-refractivity contribution in [1.29, 1.82) is 0 Å². The highest BCUT2D eigenvalue weighted by molar-refractivity contribution is 7.10. The predicted octanol–water partition coefficient (Wildman–Crippen LogP) is 3.62. The van der Waals surface area contributed by atoms with Crippen LogP contribution >= 0.6 is 11.3 Å². The molecule has 3 rings (SSSR count). The molecule has 4 heteroatoms. The molecule has 0 aliphatic rings. The van der Waals surface area contributed by atoms with Gasteiger partial charge in [-0.2, -0.15) is 5.10 Å². The Balaban J connectivity index is 1.89. The molecule has 0 aliphatic heterocycles. The molecule has 0 fully saturated rings. The average molecular weight is 283 g/mol. The number of benzene rings is 1. The summed E-state index contributed by atoms with van der Waals surface area (Å²) in [5.74, 6) is 0.401. The van der Waals surface area contributed by atoms with Crippen LogP contribution in [0.5, 0.6) is 0 Å². The van der Waals surface area contributed by atoms with Crippen LogP contribution in [0, 0.1) is 0 Å². The molecule has 0 saturated heterocycles. The van der Waals surface area contributed by atoms with Crippen LogP contribution in [-0.4, -0.2) is 16.7 Å². The van der Waals surface area contributed by atoms with Gasteiger partial charge in [-0.25, -0.2) is 0 Å². The Hall–Kier alpha value is -1.91. The number of thiophene rings is 1. The van der Waals surface area contributed by atoms with Crippen LogP contribution in [-0.2, 0) is 0 Å². The van der Waals surface area contributed by atoms with Crippen molar-refractivity contribution in [3.05, 3.63) is 64.6 Å². The highest BCUT2D eigenvalue weighted by atomic mass is 32.1. The number of aromatic amines is 1. The SMILES string of the molecule is NCCC(c1ccc(-c2cn[nH]c2)cc1)c1cccs1. The summed E-state index contributed by atoms with van der Waals surface area (Å²) < 4.78 is 0. The van der Waals surface area contributed by atoms with Crippen molar-refractivity contribution in [3.8, 4) is 11.1 Å². The third kappa shape index (κ3) is 2.66. The fourth-order valence-corrected chi connectivity index (χ4v) is 3.34. The number of nitrogens with zero attached hydrogens (tertiary/aromatic N) is 1. The van der Waals surface area contributed by atoms with Gasteiger partial charge in [-0.05, 0) is 35.5 Å². The maximum Gasteiger partial charge on any atom is 0.0565 e. The lowest BCUT2D eigenvalue weighted by Gasteiger charge is -2.15. The molecule has 0 amide bonds. The molecule has 1 aromatic carbocycles. The van der Waals surface area contributed by atoms with E-state index in [1.807, 2.05) is 12.4 Å².